The molecule has 0 amide bonds. The number of aromatic nitrogens is 1. The Labute approximate surface area is 155 Å². The van der Waals surface area contributed by atoms with Crippen molar-refractivity contribution in [3.63, 3.8) is 0 Å². The molecule has 3 rings (SSSR count). The van der Waals surface area contributed by atoms with Crippen molar-refractivity contribution >= 4 is 28.6 Å². The third-order valence-electron chi connectivity index (χ3n) is 3.68. The minimum atomic E-state index is -0.352. The predicted octanol–water partition coefficient (Wildman–Crippen LogP) is 3.95. The molecule has 0 saturated heterocycles. The number of nitriles is 1. The summed E-state index contributed by atoms with van der Waals surface area (Å²) in [6.45, 7) is 0.230. The number of benzene rings is 2. The number of fused-ring (bicyclic) bond motifs is 1. The Bertz CT molecular complexity index is 968. The zero-order valence-corrected chi connectivity index (χ0v) is 15.0. The van der Waals surface area contributed by atoms with Crippen LogP contribution in [0.3, 0.4) is 0 Å². The van der Waals surface area contributed by atoms with Gasteiger partial charge in [0.2, 0.25) is 0 Å². The third kappa shape index (κ3) is 4.32. The quantitative estimate of drug-likeness (QED) is 0.487. The van der Waals surface area contributed by atoms with Gasteiger partial charge in [-0.1, -0.05) is 42.1 Å². The number of hydrogen-bond acceptors (Lipinski definition) is 6. The van der Waals surface area contributed by atoms with Crippen LogP contribution >= 0.6 is 11.8 Å². The Kier molecular flexibility index (Phi) is 5.72. The molecule has 0 aliphatic carbocycles. The highest BCUT2D eigenvalue weighted by Gasteiger charge is 2.12. The Morgan fingerprint density at radius 3 is 2.73 bits per heavy atom. The van der Waals surface area contributed by atoms with E-state index in [-0.39, 0.29) is 18.3 Å². The molecule has 0 radical (unpaired) electrons. The number of thioether (sulfide) groups is 1. The molecular formula is C20H16N2O3S. The predicted molar refractivity (Wildman–Crippen MR) is 100.0 cm³/mol. The maximum absolute atomic E-state index is 12.0. The number of carbonyl (C=O) groups excluding carboxylic acids is 1. The van der Waals surface area contributed by atoms with Crippen molar-refractivity contribution in [3.05, 3.63) is 65.7 Å². The average Bonchev–Trinajstić information content (AvgIpc) is 2.70. The fourth-order valence-electron chi connectivity index (χ4n) is 2.35. The molecule has 0 spiro atoms. The first-order valence-corrected chi connectivity index (χ1v) is 8.89. The van der Waals surface area contributed by atoms with Crippen molar-refractivity contribution in [2.24, 2.45) is 0 Å². The topological polar surface area (TPSA) is 72.2 Å². The van der Waals surface area contributed by atoms with E-state index in [9.17, 15) is 10.1 Å². The standard InChI is InChI=1S/C20H16N2O3S/c1-24-17-8-7-15-9-16(11-21)20(22-18(15)10-17)26-13-19(23)25-12-14-5-3-2-4-6-14/h2-10H,12-13H2,1H3. The van der Waals surface area contributed by atoms with E-state index in [0.29, 0.717) is 21.9 Å². The Hall–Kier alpha value is -3.04. The Balaban J connectivity index is 1.69. The van der Waals surface area contributed by atoms with Gasteiger partial charge in [-0.25, -0.2) is 4.98 Å². The fourth-order valence-corrected chi connectivity index (χ4v) is 3.11. The lowest BCUT2D eigenvalue weighted by atomic mass is 10.1. The van der Waals surface area contributed by atoms with Crippen LogP contribution in [-0.2, 0) is 16.1 Å². The van der Waals surface area contributed by atoms with E-state index in [2.05, 4.69) is 11.1 Å². The van der Waals surface area contributed by atoms with Gasteiger partial charge in [-0.3, -0.25) is 4.79 Å². The van der Waals surface area contributed by atoms with Crippen molar-refractivity contribution in [2.45, 2.75) is 11.6 Å². The van der Waals surface area contributed by atoms with Crippen LogP contribution in [0, 0.1) is 11.3 Å². The van der Waals surface area contributed by atoms with Gasteiger partial charge in [0.25, 0.3) is 0 Å². The normalized spacial score (nSPS) is 10.3. The maximum atomic E-state index is 12.0. The van der Waals surface area contributed by atoms with Gasteiger partial charge in [-0.2, -0.15) is 5.26 Å². The van der Waals surface area contributed by atoms with Crippen LogP contribution in [0.25, 0.3) is 10.9 Å². The monoisotopic (exact) mass is 364 g/mol. The van der Waals surface area contributed by atoms with Gasteiger partial charge in [-0.15, -0.1) is 0 Å². The van der Waals surface area contributed by atoms with E-state index in [4.69, 9.17) is 9.47 Å². The van der Waals surface area contributed by atoms with Gasteiger partial charge in [0.1, 0.15) is 23.5 Å². The van der Waals surface area contributed by atoms with Crippen LogP contribution in [0.1, 0.15) is 11.1 Å². The van der Waals surface area contributed by atoms with E-state index in [1.165, 1.54) is 11.8 Å². The molecule has 0 bridgehead atoms. The molecule has 0 fully saturated rings. The van der Waals surface area contributed by atoms with Crippen molar-refractivity contribution in [1.29, 1.82) is 5.26 Å². The summed E-state index contributed by atoms with van der Waals surface area (Å²) in [5.74, 6) is 0.424. The first kappa shape index (κ1) is 17.8. The Morgan fingerprint density at radius 2 is 2.00 bits per heavy atom. The highest BCUT2D eigenvalue weighted by Crippen LogP contribution is 2.27. The molecule has 5 nitrogen and oxygen atoms in total. The van der Waals surface area contributed by atoms with Gasteiger partial charge in [-0.05, 0) is 23.8 Å². The van der Waals surface area contributed by atoms with Crippen LogP contribution in [0.2, 0.25) is 0 Å². The molecule has 0 aliphatic rings. The second-order valence-corrected chi connectivity index (χ2v) is 6.41. The molecular weight excluding hydrogens is 348 g/mol. The first-order valence-electron chi connectivity index (χ1n) is 7.91. The molecule has 0 atom stereocenters. The molecule has 0 unspecified atom stereocenters. The number of methoxy groups -OCH3 is 1. The van der Waals surface area contributed by atoms with Gasteiger partial charge in [0.15, 0.2) is 0 Å². The van der Waals surface area contributed by atoms with E-state index in [1.807, 2.05) is 42.5 Å². The molecule has 3 aromatic rings. The van der Waals surface area contributed by atoms with Crippen molar-refractivity contribution in [1.82, 2.24) is 4.98 Å². The highest BCUT2D eigenvalue weighted by molar-refractivity contribution is 7.99. The number of esters is 1. The van der Waals surface area contributed by atoms with Crippen LogP contribution in [-0.4, -0.2) is 23.8 Å². The van der Waals surface area contributed by atoms with Crippen LogP contribution in [0.4, 0.5) is 0 Å². The lowest BCUT2D eigenvalue weighted by molar-refractivity contribution is -0.141. The number of nitrogens with zero attached hydrogens (tertiary/aromatic N) is 2. The summed E-state index contributed by atoms with van der Waals surface area (Å²) >= 11 is 1.19. The third-order valence-corrected chi connectivity index (χ3v) is 4.64. The molecule has 6 heteroatoms. The van der Waals surface area contributed by atoms with Crippen molar-refractivity contribution in [2.75, 3.05) is 12.9 Å². The molecule has 1 heterocycles. The second kappa shape index (κ2) is 8.37. The molecule has 130 valence electrons. The molecule has 0 saturated carbocycles. The average molecular weight is 364 g/mol. The van der Waals surface area contributed by atoms with E-state index in [1.54, 1.807) is 19.2 Å². The summed E-state index contributed by atoms with van der Waals surface area (Å²) in [6.07, 6.45) is 0. The van der Waals surface area contributed by atoms with Crippen LogP contribution < -0.4 is 4.74 Å². The number of rotatable bonds is 6. The first-order chi connectivity index (χ1) is 12.7. The summed E-state index contributed by atoms with van der Waals surface area (Å²) in [7, 11) is 1.59. The summed E-state index contributed by atoms with van der Waals surface area (Å²) in [5.41, 5.74) is 2.08. The summed E-state index contributed by atoms with van der Waals surface area (Å²) in [4.78, 5) is 16.5. The van der Waals surface area contributed by atoms with Crippen molar-refractivity contribution < 1.29 is 14.3 Å². The van der Waals surface area contributed by atoms with Crippen LogP contribution in [0.15, 0.2) is 59.6 Å². The van der Waals surface area contributed by atoms with Gasteiger partial charge in [0.05, 0.1) is 23.9 Å². The van der Waals surface area contributed by atoms with Gasteiger partial charge >= 0.3 is 5.97 Å². The number of ether oxygens (including phenoxy) is 2. The lowest BCUT2D eigenvalue weighted by Crippen LogP contribution is -2.07. The smallest absolute Gasteiger partial charge is 0.316 e. The van der Waals surface area contributed by atoms with Gasteiger partial charge in [0, 0.05) is 11.5 Å². The maximum Gasteiger partial charge on any atom is 0.316 e. The van der Waals surface area contributed by atoms with E-state index >= 15 is 0 Å². The Morgan fingerprint density at radius 1 is 1.19 bits per heavy atom. The lowest BCUT2D eigenvalue weighted by Gasteiger charge is -2.08. The number of hydrogen-bond donors (Lipinski definition) is 0. The summed E-state index contributed by atoms with van der Waals surface area (Å²) < 4.78 is 10.5. The zero-order chi connectivity index (χ0) is 18.4. The van der Waals surface area contributed by atoms with E-state index < -0.39 is 0 Å². The summed E-state index contributed by atoms with van der Waals surface area (Å²) in [5, 5.41) is 10.7. The molecule has 0 aliphatic heterocycles. The SMILES string of the molecule is COc1ccc2cc(C#N)c(SCC(=O)OCc3ccccc3)nc2c1. The van der Waals surface area contributed by atoms with Gasteiger partial charge < -0.3 is 9.47 Å². The summed E-state index contributed by atoms with van der Waals surface area (Å²) in [6, 6.07) is 18.8. The highest BCUT2D eigenvalue weighted by atomic mass is 32.2. The largest absolute Gasteiger partial charge is 0.497 e. The number of pyridine rings is 1. The molecule has 2 aromatic carbocycles. The van der Waals surface area contributed by atoms with Crippen LogP contribution in [0.5, 0.6) is 5.75 Å². The fraction of sp³-hybridized carbons (Fsp3) is 0.150. The van der Waals surface area contributed by atoms with Crippen molar-refractivity contribution in [3.8, 4) is 11.8 Å². The van der Waals surface area contributed by atoms with E-state index in [0.717, 1.165) is 10.9 Å². The second-order valence-electron chi connectivity index (χ2n) is 5.45. The zero-order valence-electron chi connectivity index (χ0n) is 14.1. The molecule has 1 aromatic heterocycles. The minimum Gasteiger partial charge on any atom is -0.497 e. The molecule has 0 N–H and O–H groups in total. The minimum absolute atomic E-state index is 0.0873. The number of carbonyl (C=O) groups is 1. The molecule has 26 heavy (non-hydrogen) atoms.